The van der Waals surface area contributed by atoms with Crippen LogP contribution in [0.1, 0.15) is 34.2 Å². The molecule has 0 fully saturated rings. The van der Waals surface area contributed by atoms with E-state index >= 15 is 0 Å². The first-order chi connectivity index (χ1) is 15.0. The zero-order valence-corrected chi connectivity index (χ0v) is 21.2. The fraction of sp³-hybridized carbons (Fsp3) is 0.304. The summed E-state index contributed by atoms with van der Waals surface area (Å²) in [5.41, 5.74) is 2.77. The molecule has 0 aliphatic heterocycles. The Hall–Kier alpha value is -2.95. The molecule has 0 spiro atoms. The lowest BCUT2D eigenvalue weighted by molar-refractivity contribution is 0.0827. The lowest BCUT2D eigenvalue weighted by Gasteiger charge is -2.13. The van der Waals surface area contributed by atoms with E-state index < -0.39 is 0 Å². The monoisotopic (exact) mass is 547 g/mol. The Kier molecular flexibility index (Phi) is 9.63. The van der Waals surface area contributed by atoms with Gasteiger partial charge in [-0.15, -0.1) is 24.0 Å². The number of carbonyl (C=O) groups excluding carboxylic acids is 1. The number of aliphatic imine (C=N–C) groups is 1. The van der Waals surface area contributed by atoms with Crippen molar-refractivity contribution >= 4 is 35.8 Å². The molecule has 3 aromatic rings. The van der Waals surface area contributed by atoms with E-state index in [1.807, 2.05) is 67.2 Å². The van der Waals surface area contributed by atoms with Crippen molar-refractivity contribution in [3.63, 3.8) is 0 Å². The van der Waals surface area contributed by atoms with Crippen LogP contribution in [0.2, 0.25) is 0 Å². The Labute approximate surface area is 206 Å². The number of aryl methyl sites for hydroxylation is 1. The third-order valence-electron chi connectivity index (χ3n) is 4.71. The van der Waals surface area contributed by atoms with E-state index in [0.29, 0.717) is 18.7 Å². The van der Waals surface area contributed by atoms with Crippen LogP contribution in [0.4, 0.5) is 0 Å². The third-order valence-corrected chi connectivity index (χ3v) is 4.71. The first-order valence-corrected chi connectivity index (χ1v) is 10.3. The molecule has 8 nitrogen and oxygen atoms in total. The number of benzene rings is 1. The highest BCUT2D eigenvalue weighted by Crippen LogP contribution is 2.09. The van der Waals surface area contributed by atoms with Crippen molar-refractivity contribution < 1.29 is 4.79 Å². The first kappa shape index (κ1) is 25.3. The van der Waals surface area contributed by atoms with Crippen molar-refractivity contribution in [2.24, 2.45) is 4.99 Å². The number of imidazole rings is 1. The number of rotatable bonds is 7. The molecule has 0 bridgehead atoms. The lowest BCUT2D eigenvalue weighted by atomic mass is 10.1. The maximum atomic E-state index is 12.0. The zero-order valence-electron chi connectivity index (χ0n) is 18.9. The summed E-state index contributed by atoms with van der Waals surface area (Å²) in [7, 11) is 3.50. The predicted octanol–water partition coefficient (Wildman–Crippen LogP) is 3.15. The minimum atomic E-state index is -0.00256. The van der Waals surface area contributed by atoms with Crippen LogP contribution < -0.4 is 10.6 Å². The Morgan fingerprint density at radius 3 is 2.34 bits per heavy atom. The number of aromatic nitrogens is 3. The van der Waals surface area contributed by atoms with Crippen LogP contribution in [0.3, 0.4) is 0 Å². The van der Waals surface area contributed by atoms with Crippen LogP contribution in [0.25, 0.3) is 5.82 Å². The van der Waals surface area contributed by atoms with Gasteiger partial charge in [-0.2, -0.15) is 0 Å². The van der Waals surface area contributed by atoms with Crippen molar-refractivity contribution in [3.05, 3.63) is 77.5 Å². The molecule has 0 aliphatic rings. The molecule has 1 aromatic carbocycles. The average Bonchev–Trinajstić information content (AvgIpc) is 3.21. The molecule has 32 heavy (non-hydrogen) atoms. The van der Waals surface area contributed by atoms with Gasteiger partial charge in [-0.05, 0) is 43.2 Å². The number of nitrogens with one attached hydrogen (secondary N) is 2. The molecule has 0 saturated heterocycles. The van der Waals surface area contributed by atoms with Gasteiger partial charge in [-0.25, -0.2) is 15.0 Å². The molecule has 3 rings (SSSR count). The second kappa shape index (κ2) is 12.2. The number of hydrogen-bond donors (Lipinski definition) is 2. The van der Waals surface area contributed by atoms with Crippen LogP contribution >= 0.6 is 24.0 Å². The quantitative estimate of drug-likeness (QED) is 0.270. The summed E-state index contributed by atoms with van der Waals surface area (Å²) in [5.74, 6) is 2.46. The minimum absolute atomic E-state index is 0. The molecule has 0 saturated carbocycles. The summed E-state index contributed by atoms with van der Waals surface area (Å²) in [6.45, 7) is 5.87. The molecule has 0 unspecified atom stereocenters. The highest BCUT2D eigenvalue weighted by atomic mass is 127. The van der Waals surface area contributed by atoms with Gasteiger partial charge in [0.05, 0.1) is 6.54 Å². The van der Waals surface area contributed by atoms with Gasteiger partial charge >= 0.3 is 0 Å². The number of nitrogens with zero attached hydrogens (tertiary/aromatic N) is 5. The van der Waals surface area contributed by atoms with Crippen molar-refractivity contribution in [2.75, 3.05) is 20.6 Å². The van der Waals surface area contributed by atoms with Crippen LogP contribution in [-0.4, -0.2) is 51.9 Å². The number of hydrogen-bond acceptors (Lipinski definition) is 4. The van der Waals surface area contributed by atoms with E-state index in [9.17, 15) is 4.79 Å². The average molecular weight is 547 g/mol. The van der Waals surface area contributed by atoms with Crippen LogP contribution in [0.15, 0.2) is 60.0 Å². The molecular formula is C23H30IN7O. The van der Waals surface area contributed by atoms with Crippen LogP contribution in [0, 0.1) is 6.92 Å². The molecule has 0 aliphatic carbocycles. The molecule has 2 N–H and O–H groups in total. The van der Waals surface area contributed by atoms with Gasteiger partial charge in [0.25, 0.3) is 5.91 Å². The molecular weight excluding hydrogens is 517 g/mol. The van der Waals surface area contributed by atoms with E-state index in [1.165, 1.54) is 0 Å². The highest BCUT2D eigenvalue weighted by Gasteiger charge is 2.07. The van der Waals surface area contributed by atoms with E-state index in [4.69, 9.17) is 0 Å². The summed E-state index contributed by atoms with van der Waals surface area (Å²) in [5, 5.41) is 6.58. The minimum Gasteiger partial charge on any atom is -0.357 e. The molecule has 0 atom stereocenters. The smallest absolute Gasteiger partial charge is 0.253 e. The second-order valence-electron chi connectivity index (χ2n) is 7.31. The highest BCUT2D eigenvalue weighted by molar-refractivity contribution is 14.0. The van der Waals surface area contributed by atoms with Gasteiger partial charge in [-0.1, -0.05) is 18.2 Å². The maximum absolute atomic E-state index is 12.0. The van der Waals surface area contributed by atoms with Gasteiger partial charge in [-0.3, -0.25) is 9.36 Å². The Bertz CT molecular complexity index is 1030. The predicted molar refractivity (Wildman–Crippen MR) is 138 cm³/mol. The van der Waals surface area contributed by atoms with E-state index in [-0.39, 0.29) is 29.9 Å². The van der Waals surface area contributed by atoms with Crippen LogP contribution in [-0.2, 0) is 13.1 Å². The molecule has 170 valence electrons. The summed E-state index contributed by atoms with van der Waals surface area (Å²) in [4.78, 5) is 27.0. The molecule has 9 heteroatoms. The summed E-state index contributed by atoms with van der Waals surface area (Å²) in [6, 6.07) is 11.6. The number of carbonyl (C=O) groups is 1. The lowest BCUT2D eigenvalue weighted by Crippen LogP contribution is -2.36. The van der Waals surface area contributed by atoms with Gasteiger partial charge in [0.1, 0.15) is 11.6 Å². The summed E-state index contributed by atoms with van der Waals surface area (Å²) in [6.07, 6.45) is 5.49. The van der Waals surface area contributed by atoms with Gasteiger partial charge < -0.3 is 15.5 Å². The van der Waals surface area contributed by atoms with Gasteiger partial charge in [0.15, 0.2) is 5.96 Å². The first-order valence-electron chi connectivity index (χ1n) is 10.3. The van der Waals surface area contributed by atoms with E-state index in [2.05, 4.69) is 25.6 Å². The maximum Gasteiger partial charge on any atom is 0.253 e. The van der Waals surface area contributed by atoms with Gasteiger partial charge in [0.2, 0.25) is 0 Å². The van der Waals surface area contributed by atoms with Crippen molar-refractivity contribution in [1.82, 2.24) is 30.1 Å². The zero-order chi connectivity index (χ0) is 22.2. The second-order valence-corrected chi connectivity index (χ2v) is 7.31. The topological polar surface area (TPSA) is 87.4 Å². The fourth-order valence-electron chi connectivity index (χ4n) is 2.99. The molecule has 2 aromatic heterocycles. The third kappa shape index (κ3) is 6.78. The van der Waals surface area contributed by atoms with E-state index in [1.54, 1.807) is 25.2 Å². The molecule has 1 amide bonds. The summed E-state index contributed by atoms with van der Waals surface area (Å²) < 4.78 is 1.94. The largest absolute Gasteiger partial charge is 0.357 e. The number of amides is 1. The Balaban J connectivity index is 0.00000363. The van der Waals surface area contributed by atoms with E-state index in [0.717, 1.165) is 35.3 Å². The normalized spacial score (nSPS) is 10.9. The SMILES string of the molecule is CCNC(=NCc1ccc(-n2ccnc2C)nc1)NCc1ccc(C(=O)N(C)C)cc1.I. The Morgan fingerprint density at radius 1 is 1.06 bits per heavy atom. The Morgan fingerprint density at radius 2 is 1.78 bits per heavy atom. The summed E-state index contributed by atoms with van der Waals surface area (Å²) >= 11 is 0. The number of pyridine rings is 1. The molecule has 2 heterocycles. The van der Waals surface area contributed by atoms with Crippen LogP contribution in [0.5, 0.6) is 0 Å². The molecule has 0 radical (unpaired) electrons. The van der Waals surface area contributed by atoms with Crippen molar-refractivity contribution in [3.8, 4) is 5.82 Å². The number of halogens is 1. The fourth-order valence-corrected chi connectivity index (χ4v) is 2.99. The van der Waals surface area contributed by atoms with Crippen molar-refractivity contribution in [1.29, 1.82) is 0 Å². The standard InChI is InChI=1S/C23H29N7O.HI/c1-5-24-23(27-14-18-6-9-20(10-7-18)22(31)29(3)4)28-16-19-8-11-21(26-15-19)30-13-12-25-17(30)2;/h6-13,15H,5,14,16H2,1-4H3,(H2,24,27,28);1H. The number of guanidine groups is 1. The van der Waals surface area contributed by atoms with Crippen molar-refractivity contribution in [2.45, 2.75) is 26.9 Å². The van der Waals surface area contributed by atoms with Gasteiger partial charge in [0, 0.05) is 51.3 Å².